The van der Waals surface area contributed by atoms with E-state index in [1.807, 2.05) is 0 Å². The Balaban J connectivity index is 1.53. The summed E-state index contributed by atoms with van der Waals surface area (Å²) in [6, 6.07) is 6.65. The number of alkyl halides is 4. The number of carbonyl (C=O) groups is 2. The van der Waals surface area contributed by atoms with Crippen LogP contribution in [0.3, 0.4) is 0 Å². The van der Waals surface area contributed by atoms with E-state index < -0.39 is 35.6 Å². The number of nitrogens with two attached hydrogens (primary N) is 1. The van der Waals surface area contributed by atoms with Crippen molar-refractivity contribution >= 4 is 39.4 Å². The molecule has 13 heteroatoms. The lowest BCUT2D eigenvalue weighted by molar-refractivity contribution is -0.144. The lowest BCUT2D eigenvalue weighted by Gasteiger charge is -2.32. The Morgan fingerprint density at radius 1 is 1.16 bits per heavy atom. The van der Waals surface area contributed by atoms with Crippen LogP contribution in [0.15, 0.2) is 42.7 Å². The van der Waals surface area contributed by atoms with Gasteiger partial charge in [0.1, 0.15) is 12.0 Å². The number of fused-ring (bicyclic) bond motifs is 3. The maximum atomic E-state index is 13.7. The average molecular weight is 515 g/mol. The predicted octanol–water partition coefficient (Wildman–Crippen LogP) is 3.49. The molecular formula is C24H21F4N7O2. The zero-order chi connectivity index (χ0) is 26.6. The maximum Gasteiger partial charge on any atom is 0.417 e. The molecule has 3 aromatic heterocycles. The minimum atomic E-state index is -4.57. The number of halogens is 4. The zero-order valence-corrected chi connectivity index (χ0v) is 19.7. The van der Waals surface area contributed by atoms with Gasteiger partial charge in [0.05, 0.1) is 46.3 Å². The Morgan fingerprint density at radius 2 is 1.89 bits per heavy atom. The number of benzene rings is 1. The first kappa shape index (κ1) is 24.4. The summed E-state index contributed by atoms with van der Waals surface area (Å²) in [5.74, 6) is -1.85. The standard InChI is InChI=1S/C24H21F4N7O2/c1-33-20-16-7-12(3-6-19(16)32-21(29)17(20)10-31-33)22(36)35(34(2)23(37)15-8-18(15)25)11-14-5-4-13(9-30-14)24(26,27)28/h3-7,9-10,15,18H,8,11H2,1-2H3,(H2,29,32)/t15-,18+/m1/s1. The van der Waals surface area contributed by atoms with Crippen LogP contribution in [0, 0.1) is 5.92 Å². The molecule has 9 nitrogen and oxygen atoms in total. The number of hydrogen-bond donors (Lipinski definition) is 1. The van der Waals surface area contributed by atoms with Gasteiger partial charge in [-0.1, -0.05) is 0 Å². The molecule has 0 spiro atoms. The van der Waals surface area contributed by atoms with Crippen LogP contribution in [0.5, 0.6) is 0 Å². The summed E-state index contributed by atoms with van der Waals surface area (Å²) in [6.07, 6.45) is -3.61. The van der Waals surface area contributed by atoms with E-state index in [4.69, 9.17) is 5.73 Å². The fraction of sp³-hybridized carbons (Fsp3) is 0.292. The Labute approximate surface area is 207 Å². The van der Waals surface area contributed by atoms with Crippen LogP contribution >= 0.6 is 0 Å². The van der Waals surface area contributed by atoms with Gasteiger partial charge in [-0.2, -0.15) is 18.3 Å². The highest BCUT2D eigenvalue weighted by molar-refractivity contribution is 6.10. The summed E-state index contributed by atoms with van der Waals surface area (Å²) in [4.78, 5) is 34.6. The molecule has 1 aromatic carbocycles. The second-order valence-electron chi connectivity index (χ2n) is 8.88. The van der Waals surface area contributed by atoms with Crippen LogP contribution in [-0.4, -0.2) is 54.8 Å². The SMILES string of the molecule is CN(C(=O)[C@@H]1C[C@@H]1F)N(Cc1ccc(C(F)(F)F)cn1)C(=O)c1ccc2nc(N)c3cnn(C)c3c2c1. The van der Waals surface area contributed by atoms with Gasteiger partial charge in [0.25, 0.3) is 5.91 Å². The largest absolute Gasteiger partial charge is 0.417 e. The first-order valence-corrected chi connectivity index (χ1v) is 11.2. The molecule has 0 radical (unpaired) electrons. The first-order valence-electron chi connectivity index (χ1n) is 11.2. The topological polar surface area (TPSA) is 110 Å². The minimum absolute atomic E-state index is 0.0469. The van der Waals surface area contributed by atoms with Crippen LogP contribution in [0.1, 0.15) is 28.0 Å². The number of hydrogen-bond acceptors (Lipinski definition) is 6. The Morgan fingerprint density at radius 3 is 2.51 bits per heavy atom. The predicted molar refractivity (Wildman–Crippen MR) is 125 cm³/mol. The number of amides is 2. The van der Waals surface area contributed by atoms with Crippen molar-refractivity contribution in [2.45, 2.75) is 25.3 Å². The van der Waals surface area contributed by atoms with E-state index >= 15 is 0 Å². The number of nitrogen functional groups attached to an aromatic ring is 1. The number of aromatic nitrogens is 4. The van der Waals surface area contributed by atoms with Gasteiger partial charge in [-0.15, -0.1) is 0 Å². The second kappa shape index (κ2) is 8.68. The van der Waals surface area contributed by atoms with Crippen molar-refractivity contribution in [1.29, 1.82) is 0 Å². The van der Waals surface area contributed by atoms with Crippen LogP contribution in [0.25, 0.3) is 21.8 Å². The normalized spacial score (nSPS) is 17.2. The third-order valence-electron chi connectivity index (χ3n) is 6.36. The molecule has 0 saturated heterocycles. The van der Waals surface area contributed by atoms with E-state index in [0.717, 1.165) is 22.2 Å². The third kappa shape index (κ3) is 4.41. The Hall–Kier alpha value is -4.29. The van der Waals surface area contributed by atoms with Crippen LogP contribution in [-0.2, 0) is 24.6 Å². The monoisotopic (exact) mass is 515 g/mol. The number of nitrogens with zero attached hydrogens (tertiary/aromatic N) is 6. The van der Waals surface area contributed by atoms with Gasteiger partial charge in [0.15, 0.2) is 0 Å². The fourth-order valence-electron chi connectivity index (χ4n) is 4.17. The lowest BCUT2D eigenvalue weighted by Crippen LogP contribution is -2.48. The van der Waals surface area contributed by atoms with Gasteiger partial charge in [0.2, 0.25) is 5.91 Å². The summed E-state index contributed by atoms with van der Waals surface area (Å²) in [5, 5.41) is 7.42. The fourth-order valence-corrected chi connectivity index (χ4v) is 4.17. The quantitative estimate of drug-likeness (QED) is 0.329. The number of anilines is 1. The minimum Gasteiger partial charge on any atom is -0.383 e. The number of aryl methyl sites for hydroxylation is 1. The molecule has 0 aliphatic heterocycles. The first-order chi connectivity index (χ1) is 17.5. The molecule has 1 aliphatic carbocycles. The molecule has 5 rings (SSSR count). The lowest BCUT2D eigenvalue weighted by atomic mass is 10.1. The summed E-state index contributed by atoms with van der Waals surface area (Å²) < 4.78 is 54.1. The van der Waals surface area contributed by atoms with Gasteiger partial charge in [-0.3, -0.25) is 24.3 Å². The van der Waals surface area contributed by atoms with Crippen molar-refractivity contribution in [2.75, 3.05) is 12.8 Å². The number of rotatable bonds is 4. The van der Waals surface area contributed by atoms with Gasteiger partial charge in [-0.25, -0.2) is 14.4 Å². The average Bonchev–Trinajstić information content (AvgIpc) is 3.46. The molecule has 1 aliphatic rings. The van der Waals surface area contributed by atoms with Crippen molar-refractivity contribution < 1.29 is 27.2 Å². The third-order valence-corrected chi connectivity index (χ3v) is 6.36. The summed E-state index contributed by atoms with van der Waals surface area (Å²) >= 11 is 0. The Bertz CT molecular complexity index is 1530. The van der Waals surface area contributed by atoms with Gasteiger partial charge < -0.3 is 5.73 Å². The molecule has 2 N–H and O–H groups in total. The van der Waals surface area contributed by atoms with E-state index in [-0.39, 0.29) is 30.0 Å². The number of pyridine rings is 2. The Kier molecular flexibility index (Phi) is 5.72. The van der Waals surface area contributed by atoms with Crippen LogP contribution in [0.2, 0.25) is 0 Å². The molecule has 1 fully saturated rings. The molecule has 0 bridgehead atoms. The van der Waals surface area contributed by atoms with Crippen molar-refractivity contribution in [3.8, 4) is 0 Å². The molecule has 0 unspecified atom stereocenters. The van der Waals surface area contributed by atoms with Gasteiger partial charge in [0, 0.05) is 31.2 Å². The molecule has 2 amide bonds. The highest BCUT2D eigenvalue weighted by Crippen LogP contribution is 2.36. The number of carbonyl (C=O) groups excluding carboxylic acids is 2. The summed E-state index contributed by atoms with van der Waals surface area (Å²) in [7, 11) is 3.03. The summed E-state index contributed by atoms with van der Waals surface area (Å²) in [6.45, 7) is -0.317. The van der Waals surface area contributed by atoms with Crippen molar-refractivity contribution in [3.05, 3.63) is 59.5 Å². The van der Waals surface area contributed by atoms with E-state index in [0.29, 0.717) is 28.0 Å². The molecule has 1 saturated carbocycles. The van der Waals surface area contributed by atoms with Gasteiger partial charge in [-0.05, 0) is 36.8 Å². The zero-order valence-electron chi connectivity index (χ0n) is 19.7. The smallest absolute Gasteiger partial charge is 0.383 e. The molecule has 37 heavy (non-hydrogen) atoms. The highest BCUT2D eigenvalue weighted by Gasteiger charge is 2.46. The van der Waals surface area contributed by atoms with Crippen LogP contribution < -0.4 is 5.73 Å². The van der Waals surface area contributed by atoms with E-state index in [1.165, 1.54) is 13.1 Å². The van der Waals surface area contributed by atoms with E-state index in [2.05, 4.69) is 15.1 Å². The van der Waals surface area contributed by atoms with E-state index in [1.54, 1.807) is 30.1 Å². The molecule has 3 heterocycles. The highest BCUT2D eigenvalue weighted by atomic mass is 19.4. The van der Waals surface area contributed by atoms with Gasteiger partial charge >= 0.3 is 6.18 Å². The van der Waals surface area contributed by atoms with Crippen molar-refractivity contribution in [1.82, 2.24) is 29.8 Å². The maximum absolute atomic E-state index is 13.7. The second-order valence-corrected chi connectivity index (χ2v) is 8.88. The molecule has 2 atom stereocenters. The van der Waals surface area contributed by atoms with Crippen LogP contribution in [0.4, 0.5) is 23.4 Å². The molecule has 192 valence electrons. The van der Waals surface area contributed by atoms with Crippen molar-refractivity contribution in [2.24, 2.45) is 13.0 Å². The van der Waals surface area contributed by atoms with E-state index in [9.17, 15) is 27.2 Å². The molecular weight excluding hydrogens is 494 g/mol. The number of hydrazine groups is 1. The molecule has 4 aromatic rings. The van der Waals surface area contributed by atoms with Crippen molar-refractivity contribution in [3.63, 3.8) is 0 Å². The summed E-state index contributed by atoms with van der Waals surface area (Å²) in [5.41, 5.74) is 6.53.